The molecule has 1 N–H and O–H groups in total. The van der Waals surface area contributed by atoms with Crippen molar-refractivity contribution in [3.63, 3.8) is 0 Å². The van der Waals surface area contributed by atoms with Gasteiger partial charge in [0.25, 0.3) is 0 Å². The first kappa shape index (κ1) is 19.1. The van der Waals surface area contributed by atoms with Crippen LogP contribution in [0, 0.1) is 11.6 Å². The topological polar surface area (TPSA) is 55.6 Å². The highest BCUT2D eigenvalue weighted by Gasteiger charge is 2.39. The third-order valence-corrected chi connectivity index (χ3v) is 5.88. The minimum Gasteiger partial charge on any atom is -0.365 e. The number of nitrogens with one attached hydrogen (secondary N) is 1. The average Bonchev–Trinajstić information content (AvgIpc) is 3.33. The highest BCUT2D eigenvalue weighted by atomic mass is 32.2. The molecule has 1 unspecified atom stereocenters. The Labute approximate surface area is 167 Å². The van der Waals surface area contributed by atoms with Crippen LogP contribution in [-0.2, 0) is 6.54 Å². The number of benzene rings is 1. The summed E-state index contributed by atoms with van der Waals surface area (Å²) >= 11 is 1.63. The van der Waals surface area contributed by atoms with Gasteiger partial charge in [-0.2, -0.15) is 0 Å². The SMILES string of the molecule is CCCSc1nc(NC2C[C@H]2c2ccc(F)c(F)c2)c2ncn(CCC)c2n1. The van der Waals surface area contributed by atoms with Gasteiger partial charge in [-0.3, -0.25) is 0 Å². The summed E-state index contributed by atoms with van der Waals surface area (Å²) < 4.78 is 28.8. The molecule has 1 aliphatic carbocycles. The van der Waals surface area contributed by atoms with Gasteiger partial charge in [-0.05, 0) is 37.0 Å². The van der Waals surface area contributed by atoms with Crippen LogP contribution in [0.2, 0.25) is 0 Å². The third kappa shape index (κ3) is 3.83. The van der Waals surface area contributed by atoms with Gasteiger partial charge in [0.05, 0.1) is 6.33 Å². The van der Waals surface area contributed by atoms with Crippen molar-refractivity contribution in [2.75, 3.05) is 11.1 Å². The van der Waals surface area contributed by atoms with E-state index >= 15 is 0 Å². The van der Waals surface area contributed by atoms with E-state index in [-0.39, 0.29) is 12.0 Å². The van der Waals surface area contributed by atoms with E-state index in [0.29, 0.717) is 5.82 Å². The van der Waals surface area contributed by atoms with Crippen LogP contribution in [0.3, 0.4) is 0 Å². The number of hydrogen-bond donors (Lipinski definition) is 1. The van der Waals surface area contributed by atoms with E-state index in [1.165, 1.54) is 12.1 Å². The van der Waals surface area contributed by atoms with Crippen molar-refractivity contribution in [3.8, 4) is 0 Å². The van der Waals surface area contributed by atoms with Crippen molar-refractivity contribution in [1.29, 1.82) is 0 Å². The zero-order valence-electron chi connectivity index (χ0n) is 16.0. The Kier molecular flexibility index (Phi) is 5.48. The van der Waals surface area contributed by atoms with Crippen LogP contribution in [0.4, 0.5) is 14.6 Å². The monoisotopic (exact) mass is 403 g/mol. The number of aromatic nitrogens is 4. The Morgan fingerprint density at radius 2 is 2.04 bits per heavy atom. The fraction of sp³-hybridized carbons (Fsp3) is 0.450. The Bertz CT molecular complexity index is 990. The molecule has 0 bridgehead atoms. The molecule has 1 aromatic carbocycles. The molecule has 3 aromatic rings. The normalized spacial score (nSPS) is 18.6. The molecule has 28 heavy (non-hydrogen) atoms. The summed E-state index contributed by atoms with van der Waals surface area (Å²) in [6.45, 7) is 5.10. The quantitative estimate of drug-likeness (QED) is 0.424. The molecule has 4 rings (SSSR count). The maximum atomic E-state index is 13.5. The van der Waals surface area contributed by atoms with Gasteiger partial charge in [-0.1, -0.05) is 31.7 Å². The van der Waals surface area contributed by atoms with Crippen LogP contribution in [0.5, 0.6) is 0 Å². The molecule has 8 heteroatoms. The van der Waals surface area contributed by atoms with Crippen LogP contribution in [0.1, 0.15) is 44.6 Å². The van der Waals surface area contributed by atoms with Crippen LogP contribution in [0.15, 0.2) is 29.7 Å². The lowest BCUT2D eigenvalue weighted by Crippen LogP contribution is -2.09. The summed E-state index contributed by atoms with van der Waals surface area (Å²) in [4.78, 5) is 13.9. The lowest BCUT2D eigenvalue weighted by atomic mass is 10.1. The number of halogens is 2. The molecule has 2 aromatic heterocycles. The molecule has 0 aliphatic heterocycles. The van der Waals surface area contributed by atoms with E-state index in [4.69, 9.17) is 4.98 Å². The molecule has 148 valence electrons. The predicted molar refractivity (Wildman–Crippen MR) is 108 cm³/mol. The van der Waals surface area contributed by atoms with Crippen LogP contribution in [-0.4, -0.2) is 31.3 Å². The van der Waals surface area contributed by atoms with Crippen molar-refractivity contribution in [3.05, 3.63) is 41.7 Å². The number of thioether (sulfide) groups is 1. The Balaban J connectivity index is 1.59. The second-order valence-corrected chi connectivity index (χ2v) is 8.14. The molecule has 0 saturated heterocycles. The standard InChI is InChI=1S/C20H23F2N5S/c1-3-7-27-11-23-17-18(25-20(26-19(17)27)28-8-4-2)24-16-10-13(16)12-5-6-14(21)15(22)9-12/h5-6,9,11,13,16H,3-4,7-8,10H2,1-2H3,(H,24,25,26)/t13-,16?/m0/s1. The first-order valence-corrected chi connectivity index (χ1v) is 10.7. The molecule has 0 spiro atoms. The van der Waals surface area contributed by atoms with E-state index < -0.39 is 11.6 Å². The molecule has 0 radical (unpaired) electrons. The maximum Gasteiger partial charge on any atom is 0.191 e. The van der Waals surface area contributed by atoms with Gasteiger partial charge in [-0.15, -0.1) is 0 Å². The van der Waals surface area contributed by atoms with Gasteiger partial charge in [0.2, 0.25) is 0 Å². The minimum atomic E-state index is -0.814. The summed E-state index contributed by atoms with van der Waals surface area (Å²) in [5, 5.41) is 4.19. The van der Waals surface area contributed by atoms with E-state index in [1.54, 1.807) is 17.8 Å². The third-order valence-electron chi connectivity index (χ3n) is 4.83. The van der Waals surface area contributed by atoms with Crippen molar-refractivity contribution >= 4 is 28.7 Å². The van der Waals surface area contributed by atoms with E-state index in [2.05, 4.69) is 33.7 Å². The Morgan fingerprint density at radius 1 is 1.18 bits per heavy atom. The lowest BCUT2D eigenvalue weighted by molar-refractivity contribution is 0.507. The number of aryl methyl sites for hydroxylation is 1. The van der Waals surface area contributed by atoms with Crippen LogP contribution < -0.4 is 5.32 Å². The lowest BCUT2D eigenvalue weighted by Gasteiger charge is -2.09. The zero-order chi connectivity index (χ0) is 19.7. The molecular weight excluding hydrogens is 380 g/mol. The van der Waals surface area contributed by atoms with Crippen LogP contribution in [0.25, 0.3) is 11.2 Å². The molecule has 2 heterocycles. The second kappa shape index (κ2) is 8.03. The number of nitrogens with zero attached hydrogens (tertiary/aromatic N) is 4. The van der Waals surface area contributed by atoms with Gasteiger partial charge >= 0.3 is 0 Å². The van der Waals surface area contributed by atoms with Gasteiger partial charge in [0, 0.05) is 24.3 Å². The van der Waals surface area contributed by atoms with Crippen molar-refractivity contribution in [2.45, 2.75) is 56.8 Å². The van der Waals surface area contributed by atoms with Gasteiger partial charge in [0.1, 0.15) is 0 Å². The van der Waals surface area contributed by atoms with Crippen molar-refractivity contribution in [1.82, 2.24) is 19.5 Å². The fourth-order valence-corrected chi connectivity index (χ4v) is 4.02. The van der Waals surface area contributed by atoms with Gasteiger partial charge in [-0.25, -0.2) is 23.7 Å². The van der Waals surface area contributed by atoms with E-state index in [1.807, 2.05) is 6.33 Å². The zero-order valence-corrected chi connectivity index (χ0v) is 16.8. The summed E-state index contributed by atoms with van der Waals surface area (Å²) in [5.41, 5.74) is 2.40. The summed E-state index contributed by atoms with van der Waals surface area (Å²) in [7, 11) is 0. The highest BCUT2D eigenvalue weighted by molar-refractivity contribution is 7.99. The molecule has 1 aliphatic rings. The van der Waals surface area contributed by atoms with E-state index in [0.717, 1.165) is 53.4 Å². The second-order valence-electron chi connectivity index (χ2n) is 7.08. The van der Waals surface area contributed by atoms with Gasteiger partial charge < -0.3 is 9.88 Å². The summed E-state index contributed by atoms with van der Waals surface area (Å²) in [6.07, 6.45) is 4.70. The molecule has 1 saturated carbocycles. The Hall–Kier alpha value is -2.22. The number of imidazole rings is 1. The fourth-order valence-electron chi connectivity index (χ4n) is 3.33. The van der Waals surface area contributed by atoms with Crippen molar-refractivity contribution < 1.29 is 8.78 Å². The molecular formula is C20H23F2N5S. The minimum absolute atomic E-state index is 0.128. The Morgan fingerprint density at radius 3 is 2.79 bits per heavy atom. The highest BCUT2D eigenvalue weighted by Crippen LogP contribution is 2.43. The molecule has 5 nitrogen and oxygen atoms in total. The molecule has 0 amide bonds. The molecule has 1 fully saturated rings. The van der Waals surface area contributed by atoms with Crippen molar-refractivity contribution in [2.24, 2.45) is 0 Å². The first-order valence-electron chi connectivity index (χ1n) is 9.67. The number of hydrogen-bond acceptors (Lipinski definition) is 5. The molecule has 2 atom stereocenters. The maximum absolute atomic E-state index is 13.5. The number of rotatable bonds is 8. The number of anilines is 1. The van der Waals surface area contributed by atoms with Crippen LogP contribution >= 0.6 is 11.8 Å². The van der Waals surface area contributed by atoms with E-state index in [9.17, 15) is 8.78 Å². The average molecular weight is 404 g/mol. The largest absolute Gasteiger partial charge is 0.365 e. The van der Waals surface area contributed by atoms with Gasteiger partial charge in [0.15, 0.2) is 33.8 Å². The smallest absolute Gasteiger partial charge is 0.191 e. The summed E-state index contributed by atoms with van der Waals surface area (Å²) in [6, 6.07) is 4.26. The first-order chi connectivity index (χ1) is 13.6. The summed E-state index contributed by atoms with van der Waals surface area (Å²) in [5.74, 6) is 0.195. The predicted octanol–water partition coefficient (Wildman–Crippen LogP) is 4.98. The number of fused-ring (bicyclic) bond motifs is 1.